The maximum absolute atomic E-state index is 12.7. The van der Waals surface area contributed by atoms with Gasteiger partial charge in [0, 0.05) is 24.2 Å². The number of nitro benzene ring substituents is 1. The van der Waals surface area contributed by atoms with Gasteiger partial charge in [-0.1, -0.05) is 0 Å². The van der Waals surface area contributed by atoms with Crippen molar-refractivity contribution in [2.45, 2.75) is 39.8 Å². The standard InChI is InChI=1S/C17H19N3O4S/c1-10(2)18-15(21)14(16(22)19(11(3)4)17(18)25)9-12-5-7-13(8-6-12)20(23)24/h5-11H,1-4H3. The molecule has 132 valence electrons. The summed E-state index contributed by atoms with van der Waals surface area (Å²) in [6.07, 6.45) is 1.45. The van der Waals surface area contributed by atoms with E-state index in [0.29, 0.717) is 5.56 Å². The summed E-state index contributed by atoms with van der Waals surface area (Å²) >= 11 is 5.33. The number of carbonyl (C=O) groups excluding carboxylic acids is 2. The van der Waals surface area contributed by atoms with Gasteiger partial charge in [0.1, 0.15) is 5.57 Å². The number of hydrogen-bond acceptors (Lipinski definition) is 5. The summed E-state index contributed by atoms with van der Waals surface area (Å²) < 4.78 is 0. The van der Waals surface area contributed by atoms with Gasteiger partial charge in [-0.05, 0) is 63.7 Å². The molecule has 0 unspecified atom stereocenters. The molecule has 1 heterocycles. The van der Waals surface area contributed by atoms with Crippen LogP contribution in [-0.2, 0) is 9.59 Å². The predicted molar refractivity (Wildman–Crippen MR) is 97.6 cm³/mol. The van der Waals surface area contributed by atoms with Crippen molar-refractivity contribution in [3.63, 3.8) is 0 Å². The van der Waals surface area contributed by atoms with E-state index in [4.69, 9.17) is 12.2 Å². The third-order valence-corrected chi connectivity index (χ3v) is 4.15. The van der Waals surface area contributed by atoms with E-state index in [9.17, 15) is 19.7 Å². The third-order valence-electron chi connectivity index (χ3n) is 3.76. The van der Waals surface area contributed by atoms with E-state index in [0.717, 1.165) is 0 Å². The summed E-state index contributed by atoms with van der Waals surface area (Å²) in [6, 6.07) is 5.25. The molecule has 25 heavy (non-hydrogen) atoms. The number of carbonyl (C=O) groups is 2. The first-order valence-electron chi connectivity index (χ1n) is 7.82. The second kappa shape index (κ2) is 7.10. The van der Waals surface area contributed by atoms with Crippen LogP contribution in [0.15, 0.2) is 29.8 Å². The number of hydrogen-bond donors (Lipinski definition) is 0. The first-order chi connectivity index (χ1) is 11.6. The van der Waals surface area contributed by atoms with Gasteiger partial charge in [0.25, 0.3) is 17.5 Å². The summed E-state index contributed by atoms with van der Waals surface area (Å²) in [4.78, 5) is 38.5. The van der Waals surface area contributed by atoms with Crippen molar-refractivity contribution < 1.29 is 14.5 Å². The van der Waals surface area contributed by atoms with E-state index in [1.165, 1.54) is 40.1 Å². The highest BCUT2D eigenvalue weighted by Gasteiger charge is 2.41. The zero-order valence-corrected chi connectivity index (χ0v) is 15.2. The quantitative estimate of drug-likeness (QED) is 0.271. The summed E-state index contributed by atoms with van der Waals surface area (Å²) in [5.74, 6) is -0.916. The zero-order chi connectivity index (χ0) is 18.9. The lowest BCUT2D eigenvalue weighted by atomic mass is 10.0. The topological polar surface area (TPSA) is 83.8 Å². The van der Waals surface area contributed by atoms with Gasteiger partial charge in [0.05, 0.1) is 4.92 Å². The fraction of sp³-hybridized carbons (Fsp3) is 0.353. The Hall–Kier alpha value is -2.61. The minimum absolute atomic E-state index is 0.00940. The highest BCUT2D eigenvalue weighted by atomic mass is 32.1. The normalized spacial score (nSPS) is 15.4. The fourth-order valence-corrected chi connectivity index (χ4v) is 3.12. The molecule has 0 N–H and O–H groups in total. The molecule has 0 aliphatic carbocycles. The Morgan fingerprint density at radius 1 is 1.00 bits per heavy atom. The molecule has 0 aromatic heterocycles. The highest BCUT2D eigenvalue weighted by Crippen LogP contribution is 2.24. The van der Waals surface area contributed by atoms with E-state index in [1.54, 1.807) is 0 Å². The Bertz CT molecular complexity index is 737. The van der Waals surface area contributed by atoms with Crippen LogP contribution >= 0.6 is 12.2 Å². The smallest absolute Gasteiger partial charge is 0.269 e. The van der Waals surface area contributed by atoms with Crippen molar-refractivity contribution in [2.75, 3.05) is 0 Å². The second-order valence-corrected chi connectivity index (χ2v) is 6.59. The lowest BCUT2D eigenvalue weighted by molar-refractivity contribution is -0.384. The van der Waals surface area contributed by atoms with Crippen LogP contribution in [0.25, 0.3) is 6.08 Å². The molecule has 2 rings (SSSR count). The average molecular weight is 361 g/mol. The van der Waals surface area contributed by atoms with Crippen LogP contribution in [0, 0.1) is 10.1 Å². The van der Waals surface area contributed by atoms with Crippen molar-refractivity contribution >= 4 is 40.9 Å². The Kier molecular flexibility index (Phi) is 5.32. The first-order valence-corrected chi connectivity index (χ1v) is 8.23. The van der Waals surface area contributed by atoms with Crippen LogP contribution < -0.4 is 0 Å². The molecule has 0 bridgehead atoms. The lowest BCUT2D eigenvalue weighted by Crippen LogP contribution is -2.60. The SMILES string of the molecule is CC(C)N1C(=O)C(=Cc2ccc([N+](=O)[O-])cc2)C(=O)N(C(C)C)C1=S. The average Bonchev–Trinajstić information content (AvgIpc) is 2.51. The monoisotopic (exact) mass is 361 g/mol. The van der Waals surface area contributed by atoms with Crippen LogP contribution in [0.2, 0.25) is 0 Å². The maximum atomic E-state index is 12.7. The first kappa shape index (κ1) is 18.7. The van der Waals surface area contributed by atoms with Gasteiger partial charge < -0.3 is 0 Å². The summed E-state index contributed by atoms with van der Waals surface area (Å²) in [5, 5.41) is 10.9. The molecular weight excluding hydrogens is 342 g/mol. The minimum Gasteiger partial charge on any atom is -0.282 e. The van der Waals surface area contributed by atoms with E-state index in [-0.39, 0.29) is 28.5 Å². The van der Waals surface area contributed by atoms with Gasteiger partial charge in [0.15, 0.2) is 5.11 Å². The predicted octanol–water partition coefficient (Wildman–Crippen LogP) is 2.75. The van der Waals surface area contributed by atoms with Gasteiger partial charge in [-0.15, -0.1) is 0 Å². The summed E-state index contributed by atoms with van der Waals surface area (Å²) in [7, 11) is 0. The molecular formula is C17H19N3O4S. The third kappa shape index (κ3) is 3.58. The summed E-state index contributed by atoms with van der Waals surface area (Å²) in [6.45, 7) is 7.29. The van der Waals surface area contributed by atoms with E-state index >= 15 is 0 Å². The van der Waals surface area contributed by atoms with Crippen molar-refractivity contribution in [2.24, 2.45) is 0 Å². The van der Waals surface area contributed by atoms with Crippen molar-refractivity contribution in [3.8, 4) is 0 Å². The van der Waals surface area contributed by atoms with Crippen LogP contribution in [-0.4, -0.2) is 43.7 Å². The number of amides is 2. The van der Waals surface area contributed by atoms with Gasteiger partial charge in [-0.3, -0.25) is 29.5 Å². The number of benzene rings is 1. The molecule has 1 saturated heterocycles. The maximum Gasteiger partial charge on any atom is 0.269 e. The van der Waals surface area contributed by atoms with Gasteiger partial charge >= 0.3 is 0 Å². The molecule has 0 spiro atoms. The van der Waals surface area contributed by atoms with Crippen molar-refractivity contribution in [1.82, 2.24) is 9.80 Å². The number of nitro groups is 1. The molecule has 1 aromatic rings. The van der Waals surface area contributed by atoms with Crippen molar-refractivity contribution in [1.29, 1.82) is 0 Å². The molecule has 1 aliphatic heterocycles. The highest BCUT2D eigenvalue weighted by molar-refractivity contribution is 7.80. The fourth-order valence-electron chi connectivity index (χ4n) is 2.53. The number of nitrogens with zero attached hydrogens (tertiary/aromatic N) is 3. The van der Waals surface area contributed by atoms with Gasteiger partial charge in [-0.25, -0.2) is 0 Å². The van der Waals surface area contributed by atoms with E-state index < -0.39 is 16.7 Å². The molecule has 8 heteroatoms. The van der Waals surface area contributed by atoms with Gasteiger partial charge in [0.2, 0.25) is 0 Å². The number of non-ortho nitro benzene ring substituents is 1. The van der Waals surface area contributed by atoms with Crippen LogP contribution in [0.4, 0.5) is 5.69 Å². The minimum atomic E-state index is -0.507. The van der Waals surface area contributed by atoms with Crippen LogP contribution in [0.1, 0.15) is 33.3 Å². The Labute approximate surface area is 151 Å². The molecule has 1 aliphatic rings. The van der Waals surface area contributed by atoms with E-state index in [2.05, 4.69) is 0 Å². The Morgan fingerprint density at radius 3 is 1.80 bits per heavy atom. The van der Waals surface area contributed by atoms with Gasteiger partial charge in [-0.2, -0.15) is 0 Å². The van der Waals surface area contributed by atoms with Crippen LogP contribution in [0.5, 0.6) is 0 Å². The number of rotatable bonds is 4. The molecule has 1 fully saturated rings. The lowest BCUT2D eigenvalue weighted by Gasteiger charge is -2.40. The van der Waals surface area contributed by atoms with Crippen molar-refractivity contribution in [3.05, 3.63) is 45.5 Å². The molecule has 1 aromatic carbocycles. The molecule has 0 saturated carbocycles. The van der Waals surface area contributed by atoms with Crippen LogP contribution in [0.3, 0.4) is 0 Å². The largest absolute Gasteiger partial charge is 0.282 e. The molecule has 0 atom stereocenters. The van der Waals surface area contributed by atoms with E-state index in [1.807, 2.05) is 27.7 Å². The Morgan fingerprint density at radius 2 is 1.44 bits per heavy atom. The molecule has 7 nitrogen and oxygen atoms in total. The second-order valence-electron chi connectivity index (χ2n) is 6.23. The zero-order valence-electron chi connectivity index (χ0n) is 14.4. The number of thiocarbonyl (C=S) groups is 1. The molecule has 2 amide bonds. The molecule has 0 radical (unpaired) electrons. The summed E-state index contributed by atoms with van der Waals surface area (Å²) in [5.41, 5.74) is 0.463. The Balaban J connectivity index is 2.49.